The highest BCUT2D eigenvalue weighted by molar-refractivity contribution is 14.1. The molecule has 1 aromatic rings. The first kappa shape index (κ1) is 11.3. The van der Waals surface area contributed by atoms with Crippen LogP contribution in [0.3, 0.4) is 0 Å². The second-order valence-corrected chi connectivity index (χ2v) is 6.12. The Kier molecular flexibility index (Phi) is 2.77. The van der Waals surface area contributed by atoms with Crippen molar-refractivity contribution in [1.82, 2.24) is 4.90 Å². The molecule has 4 heteroatoms. The summed E-state index contributed by atoms with van der Waals surface area (Å²) in [4.78, 5) is 14.3. The Morgan fingerprint density at radius 1 is 1.41 bits per heavy atom. The van der Waals surface area contributed by atoms with E-state index in [9.17, 15) is 9.90 Å². The smallest absolute Gasteiger partial charge is 0.254 e. The fourth-order valence-corrected chi connectivity index (χ4v) is 3.32. The lowest BCUT2D eigenvalue weighted by Crippen LogP contribution is -2.37. The number of phenolic OH excluding ortho intramolecular Hbond substituents is 1. The minimum atomic E-state index is 0.0731. The van der Waals surface area contributed by atoms with Crippen LogP contribution in [0, 0.1) is 9.49 Å². The van der Waals surface area contributed by atoms with Gasteiger partial charge in [0.2, 0.25) is 0 Å². The number of aromatic hydroxyl groups is 1. The van der Waals surface area contributed by atoms with Gasteiger partial charge in [0.1, 0.15) is 5.75 Å². The van der Waals surface area contributed by atoms with Crippen molar-refractivity contribution >= 4 is 28.5 Å². The van der Waals surface area contributed by atoms with Crippen LogP contribution in [0.25, 0.3) is 0 Å². The molecule has 2 bridgehead atoms. The highest BCUT2D eigenvalue weighted by Crippen LogP contribution is 2.38. The maximum Gasteiger partial charge on any atom is 0.254 e. The number of fused-ring (bicyclic) bond motifs is 2. The Hall–Kier alpha value is -0.780. The quantitative estimate of drug-likeness (QED) is 0.797. The number of phenols is 1. The van der Waals surface area contributed by atoms with Crippen LogP contribution in [0.15, 0.2) is 18.2 Å². The number of benzene rings is 1. The van der Waals surface area contributed by atoms with Gasteiger partial charge >= 0.3 is 0 Å². The zero-order chi connectivity index (χ0) is 12.0. The Labute approximate surface area is 114 Å². The third-order valence-corrected chi connectivity index (χ3v) is 4.78. The summed E-state index contributed by atoms with van der Waals surface area (Å²) in [5.41, 5.74) is 0.607. The van der Waals surface area contributed by atoms with E-state index in [0.717, 1.165) is 16.5 Å². The third kappa shape index (κ3) is 1.92. The summed E-state index contributed by atoms with van der Waals surface area (Å²) in [7, 11) is 0. The number of carbonyl (C=O) groups is 1. The van der Waals surface area contributed by atoms with Gasteiger partial charge in [-0.15, -0.1) is 0 Å². The number of halogens is 1. The number of hydrogen-bond donors (Lipinski definition) is 1. The van der Waals surface area contributed by atoms with Gasteiger partial charge in [0.25, 0.3) is 5.91 Å². The number of hydrogen-bond acceptors (Lipinski definition) is 2. The second kappa shape index (κ2) is 4.15. The minimum Gasteiger partial charge on any atom is -0.507 e. The van der Waals surface area contributed by atoms with Gasteiger partial charge in [0.15, 0.2) is 0 Å². The monoisotopic (exact) mass is 343 g/mol. The van der Waals surface area contributed by atoms with Crippen molar-refractivity contribution in [1.29, 1.82) is 0 Å². The van der Waals surface area contributed by atoms with E-state index in [1.807, 2.05) is 4.90 Å². The molecule has 1 saturated heterocycles. The lowest BCUT2D eigenvalue weighted by Gasteiger charge is -2.27. The summed E-state index contributed by atoms with van der Waals surface area (Å²) in [6.45, 7) is 0.899. The lowest BCUT2D eigenvalue weighted by atomic mass is 10.1. The van der Waals surface area contributed by atoms with Gasteiger partial charge in [-0.25, -0.2) is 0 Å². The van der Waals surface area contributed by atoms with Crippen LogP contribution >= 0.6 is 22.6 Å². The van der Waals surface area contributed by atoms with Gasteiger partial charge in [-0.3, -0.25) is 4.79 Å². The van der Waals surface area contributed by atoms with Crippen LogP contribution in [-0.4, -0.2) is 28.5 Å². The van der Waals surface area contributed by atoms with E-state index in [2.05, 4.69) is 22.6 Å². The Morgan fingerprint density at radius 3 is 2.82 bits per heavy atom. The fourth-order valence-electron chi connectivity index (χ4n) is 2.98. The van der Waals surface area contributed by atoms with Gasteiger partial charge in [-0.1, -0.05) is 0 Å². The molecule has 0 aromatic heterocycles. The summed E-state index contributed by atoms with van der Waals surface area (Å²) in [5, 5.41) is 9.65. The number of carbonyl (C=O) groups excluding carboxylic acids is 1. The first-order chi connectivity index (χ1) is 8.15. The van der Waals surface area contributed by atoms with Crippen molar-refractivity contribution < 1.29 is 9.90 Å². The predicted molar refractivity (Wildman–Crippen MR) is 73.0 cm³/mol. The van der Waals surface area contributed by atoms with Gasteiger partial charge in [-0.05, 0) is 66.0 Å². The normalized spacial score (nSPS) is 26.5. The zero-order valence-corrected chi connectivity index (χ0v) is 11.6. The molecule has 17 heavy (non-hydrogen) atoms. The summed E-state index contributed by atoms with van der Waals surface area (Å²) in [6, 6.07) is 5.61. The highest BCUT2D eigenvalue weighted by atomic mass is 127. The molecule has 1 amide bonds. The minimum absolute atomic E-state index is 0.0731. The average Bonchev–Trinajstić information content (AvgIpc) is 2.93. The van der Waals surface area contributed by atoms with Gasteiger partial charge in [0.05, 0.1) is 3.57 Å². The van der Waals surface area contributed by atoms with Crippen LogP contribution < -0.4 is 0 Å². The molecule has 1 heterocycles. The molecule has 1 aromatic carbocycles. The van der Waals surface area contributed by atoms with Crippen molar-refractivity contribution in [2.24, 2.45) is 5.92 Å². The van der Waals surface area contributed by atoms with Gasteiger partial charge in [-0.2, -0.15) is 0 Å². The van der Waals surface area contributed by atoms with Crippen LogP contribution in [0.5, 0.6) is 5.75 Å². The molecule has 2 atom stereocenters. The Bertz CT molecular complexity index is 474. The van der Waals surface area contributed by atoms with E-state index >= 15 is 0 Å². The van der Waals surface area contributed by atoms with E-state index in [-0.39, 0.29) is 11.7 Å². The maximum absolute atomic E-state index is 12.3. The molecule has 1 aliphatic carbocycles. The molecule has 3 rings (SSSR count). The van der Waals surface area contributed by atoms with Crippen LogP contribution in [0.1, 0.15) is 29.6 Å². The third-order valence-electron chi connectivity index (χ3n) is 3.86. The lowest BCUT2D eigenvalue weighted by molar-refractivity contribution is 0.0703. The van der Waals surface area contributed by atoms with E-state index < -0.39 is 0 Å². The molecular formula is C13H14INO2. The summed E-state index contributed by atoms with van der Waals surface area (Å²) >= 11 is 2.06. The molecular weight excluding hydrogens is 329 g/mol. The predicted octanol–water partition coefficient (Wildman–Crippen LogP) is 2.62. The molecule has 2 unspecified atom stereocenters. The fraction of sp³-hybridized carbons (Fsp3) is 0.462. The summed E-state index contributed by atoms with van der Waals surface area (Å²) in [5.74, 6) is 0.978. The van der Waals surface area contributed by atoms with E-state index in [1.54, 1.807) is 18.2 Å². The van der Waals surface area contributed by atoms with E-state index in [1.165, 1.54) is 12.8 Å². The summed E-state index contributed by atoms with van der Waals surface area (Å²) < 4.78 is 0.780. The molecule has 2 fully saturated rings. The molecule has 90 valence electrons. The number of nitrogens with zero attached hydrogens (tertiary/aromatic N) is 1. The van der Waals surface area contributed by atoms with Crippen molar-refractivity contribution in [3.05, 3.63) is 27.3 Å². The number of likely N-dealkylation sites (tertiary alicyclic amines) is 1. The van der Waals surface area contributed by atoms with Crippen molar-refractivity contribution in [2.45, 2.75) is 25.3 Å². The maximum atomic E-state index is 12.3. The zero-order valence-electron chi connectivity index (χ0n) is 9.40. The second-order valence-electron chi connectivity index (χ2n) is 4.96. The Morgan fingerprint density at radius 2 is 2.24 bits per heavy atom. The van der Waals surface area contributed by atoms with Gasteiger partial charge < -0.3 is 10.0 Å². The SMILES string of the molecule is O=C(c1ccc(I)c(O)c1)N1CC2CCC1C2. The van der Waals surface area contributed by atoms with E-state index in [4.69, 9.17) is 0 Å². The van der Waals surface area contributed by atoms with Crippen molar-refractivity contribution in [3.8, 4) is 5.75 Å². The molecule has 3 nitrogen and oxygen atoms in total. The molecule has 1 aliphatic heterocycles. The molecule has 1 saturated carbocycles. The first-order valence-electron chi connectivity index (χ1n) is 5.94. The van der Waals surface area contributed by atoms with Crippen LogP contribution in [0.2, 0.25) is 0 Å². The molecule has 2 aliphatic rings. The van der Waals surface area contributed by atoms with Crippen molar-refractivity contribution in [3.63, 3.8) is 0 Å². The van der Waals surface area contributed by atoms with Crippen molar-refractivity contribution in [2.75, 3.05) is 6.54 Å². The number of piperidine rings is 1. The number of rotatable bonds is 1. The average molecular weight is 343 g/mol. The first-order valence-corrected chi connectivity index (χ1v) is 7.02. The van der Waals surface area contributed by atoms with Gasteiger partial charge in [0, 0.05) is 18.2 Å². The molecule has 0 spiro atoms. The van der Waals surface area contributed by atoms with E-state index in [0.29, 0.717) is 17.5 Å². The van der Waals surface area contributed by atoms with Crippen LogP contribution in [0.4, 0.5) is 0 Å². The highest BCUT2D eigenvalue weighted by Gasteiger charge is 2.40. The van der Waals surface area contributed by atoms with Crippen LogP contribution in [-0.2, 0) is 0 Å². The number of amides is 1. The molecule has 0 radical (unpaired) electrons. The summed E-state index contributed by atoms with van der Waals surface area (Å²) in [6.07, 6.45) is 3.58. The topological polar surface area (TPSA) is 40.5 Å². The molecule has 1 N–H and O–H groups in total. The Balaban J connectivity index is 1.84. The largest absolute Gasteiger partial charge is 0.507 e. The standard InChI is InChI=1S/C13H14INO2/c14-11-4-2-9(6-12(11)16)13(17)15-7-8-1-3-10(15)5-8/h2,4,6,8,10,16H,1,3,5,7H2.